The normalized spacial score (nSPS) is 13.1. The minimum absolute atomic E-state index is 0.815. The lowest BCUT2D eigenvalue weighted by atomic mass is 10.2. The maximum absolute atomic E-state index is 4.78. The summed E-state index contributed by atoms with van der Waals surface area (Å²) in [5, 5.41) is 3.54. The minimum Gasteiger partial charge on any atom is -0.370 e. The van der Waals surface area contributed by atoms with Crippen LogP contribution in [0.1, 0.15) is 30.5 Å². The molecule has 2 aromatic heterocycles. The summed E-state index contributed by atoms with van der Waals surface area (Å²) in [5.74, 6) is 3.08. The number of nitrogens with zero attached hydrogens (tertiary/aromatic N) is 3. The van der Waals surface area contributed by atoms with E-state index < -0.39 is 0 Å². The van der Waals surface area contributed by atoms with Gasteiger partial charge in [0.1, 0.15) is 5.82 Å². The zero-order valence-electron chi connectivity index (χ0n) is 13.0. The van der Waals surface area contributed by atoms with Gasteiger partial charge in [0, 0.05) is 35.8 Å². The largest absolute Gasteiger partial charge is 0.370 e. The van der Waals surface area contributed by atoms with Crippen molar-refractivity contribution in [2.75, 3.05) is 23.9 Å². The van der Waals surface area contributed by atoms with Gasteiger partial charge in [-0.3, -0.25) is 4.98 Å². The molecular weight excluding hydrogens is 292 g/mol. The Balaban J connectivity index is 1.78. The summed E-state index contributed by atoms with van der Waals surface area (Å²) in [4.78, 5) is 13.6. The fourth-order valence-corrected chi connectivity index (χ4v) is 3.28. The van der Waals surface area contributed by atoms with Gasteiger partial charge in [-0.05, 0) is 56.2 Å². The molecule has 0 amide bonds. The van der Waals surface area contributed by atoms with Crippen LogP contribution in [0.15, 0.2) is 24.5 Å². The number of pyridine rings is 1. The molecule has 0 bridgehead atoms. The Hall–Kier alpha value is -1.62. The molecule has 2 aromatic rings. The lowest BCUT2D eigenvalue weighted by Gasteiger charge is -2.12. The summed E-state index contributed by atoms with van der Waals surface area (Å²) in [6.45, 7) is 0.986. The van der Waals surface area contributed by atoms with Crippen LogP contribution in [0.5, 0.6) is 0 Å². The molecule has 0 radical (unpaired) electrons. The van der Waals surface area contributed by atoms with Crippen LogP contribution in [0.25, 0.3) is 11.4 Å². The SMILES string of the molecule is CSCCCCNc1nc(-c2ccncc2)nc2c1CCC2. The average Bonchev–Trinajstić information content (AvgIpc) is 3.04. The topological polar surface area (TPSA) is 50.7 Å². The second-order valence-corrected chi connectivity index (χ2v) is 6.52. The van der Waals surface area contributed by atoms with E-state index in [2.05, 4.69) is 16.6 Å². The van der Waals surface area contributed by atoms with Gasteiger partial charge in [-0.2, -0.15) is 11.8 Å². The number of thioether (sulfide) groups is 1. The number of rotatable bonds is 7. The molecule has 22 heavy (non-hydrogen) atoms. The van der Waals surface area contributed by atoms with E-state index in [4.69, 9.17) is 9.97 Å². The van der Waals surface area contributed by atoms with E-state index in [9.17, 15) is 0 Å². The molecule has 0 atom stereocenters. The van der Waals surface area contributed by atoms with Crippen molar-refractivity contribution in [2.45, 2.75) is 32.1 Å². The first kappa shape index (κ1) is 15.3. The van der Waals surface area contributed by atoms with Gasteiger partial charge >= 0.3 is 0 Å². The van der Waals surface area contributed by atoms with E-state index in [1.54, 1.807) is 12.4 Å². The van der Waals surface area contributed by atoms with Gasteiger partial charge in [0.05, 0.1) is 0 Å². The van der Waals surface area contributed by atoms with Gasteiger partial charge in [0.2, 0.25) is 0 Å². The van der Waals surface area contributed by atoms with Crippen LogP contribution in [0.2, 0.25) is 0 Å². The Labute approximate surface area is 136 Å². The number of fused-ring (bicyclic) bond motifs is 1. The standard InChI is InChI=1S/C17H22N4S/c1-22-12-3-2-9-19-17-14-5-4-6-15(14)20-16(21-17)13-7-10-18-11-8-13/h7-8,10-11H,2-6,9,12H2,1H3,(H,19,20,21). The first-order chi connectivity index (χ1) is 10.9. The van der Waals surface area contributed by atoms with Crippen molar-refractivity contribution in [3.8, 4) is 11.4 Å². The quantitative estimate of drug-likeness (QED) is 0.792. The zero-order chi connectivity index (χ0) is 15.2. The highest BCUT2D eigenvalue weighted by Gasteiger charge is 2.19. The summed E-state index contributed by atoms with van der Waals surface area (Å²) in [6.07, 6.45) is 11.5. The summed E-state index contributed by atoms with van der Waals surface area (Å²) in [5.41, 5.74) is 3.58. The molecule has 0 aromatic carbocycles. The number of aryl methyl sites for hydroxylation is 1. The second kappa shape index (κ2) is 7.58. The molecule has 116 valence electrons. The number of anilines is 1. The highest BCUT2D eigenvalue weighted by Crippen LogP contribution is 2.29. The van der Waals surface area contributed by atoms with Crippen molar-refractivity contribution in [1.29, 1.82) is 0 Å². The summed E-state index contributed by atoms with van der Waals surface area (Å²) >= 11 is 1.91. The monoisotopic (exact) mass is 314 g/mol. The Morgan fingerprint density at radius 2 is 2.00 bits per heavy atom. The minimum atomic E-state index is 0.815. The first-order valence-corrected chi connectivity index (χ1v) is 9.31. The Kier molecular flexibility index (Phi) is 5.27. The third kappa shape index (κ3) is 3.58. The van der Waals surface area contributed by atoms with Gasteiger partial charge in [-0.15, -0.1) is 0 Å². The van der Waals surface area contributed by atoms with Gasteiger partial charge in [0.25, 0.3) is 0 Å². The summed E-state index contributed by atoms with van der Waals surface area (Å²) < 4.78 is 0. The van der Waals surface area contributed by atoms with Crippen LogP contribution in [-0.2, 0) is 12.8 Å². The number of hydrogen-bond acceptors (Lipinski definition) is 5. The van der Waals surface area contributed by atoms with Gasteiger partial charge in [-0.25, -0.2) is 9.97 Å². The van der Waals surface area contributed by atoms with Crippen molar-refractivity contribution < 1.29 is 0 Å². The van der Waals surface area contributed by atoms with Crippen LogP contribution in [0, 0.1) is 0 Å². The van der Waals surface area contributed by atoms with E-state index in [1.165, 1.54) is 36.3 Å². The predicted molar refractivity (Wildman–Crippen MR) is 93.4 cm³/mol. The summed E-state index contributed by atoms with van der Waals surface area (Å²) in [6, 6.07) is 3.94. The highest BCUT2D eigenvalue weighted by molar-refractivity contribution is 7.98. The Morgan fingerprint density at radius 1 is 1.14 bits per heavy atom. The van der Waals surface area contributed by atoms with Gasteiger partial charge in [0.15, 0.2) is 5.82 Å². The van der Waals surface area contributed by atoms with E-state index in [1.807, 2.05) is 23.9 Å². The molecule has 1 aliphatic carbocycles. The summed E-state index contributed by atoms with van der Waals surface area (Å²) in [7, 11) is 0. The molecule has 2 heterocycles. The zero-order valence-corrected chi connectivity index (χ0v) is 13.8. The third-order valence-electron chi connectivity index (χ3n) is 3.94. The number of nitrogens with one attached hydrogen (secondary N) is 1. The lowest BCUT2D eigenvalue weighted by Crippen LogP contribution is -2.09. The molecule has 4 nitrogen and oxygen atoms in total. The molecule has 0 unspecified atom stereocenters. The molecular formula is C17H22N4S. The first-order valence-electron chi connectivity index (χ1n) is 7.91. The highest BCUT2D eigenvalue weighted by atomic mass is 32.2. The number of hydrogen-bond donors (Lipinski definition) is 1. The van der Waals surface area contributed by atoms with E-state index in [0.29, 0.717) is 0 Å². The van der Waals surface area contributed by atoms with Crippen molar-refractivity contribution in [2.24, 2.45) is 0 Å². The van der Waals surface area contributed by atoms with E-state index in [0.717, 1.165) is 36.6 Å². The Bertz CT molecular complexity index is 616. The van der Waals surface area contributed by atoms with Crippen molar-refractivity contribution in [3.05, 3.63) is 35.8 Å². The molecule has 0 aliphatic heterocycles. The fraction of sp³-hybridized carbons (Fsp3) is 0.471. The fourth-order valence-electron chi connectivity index (χ4n) is 2.79. The van der Waals surface area contributed by atoms with Crippen molar-refractivity contribution >= 4 is 17.6 Å². The predicted octanol–water partition coefficient (Wildman–Crippen LogP) is 3.58. The molecule has 0 spiro atoms. The number of unbranched alkanes of at least 4 members (excludes halogenated alkanes) is 1. The number of aromatic nitrogens is 3. The molecule has 5 heteroatoms. The molecule has 0 fully saturated rings. The van der Waals surface area contributed by atoms with Crippen molar-refractivity contribution in [1.82, 2.24) is 15.0 Å². The molecule has 1 aliphatic rings. The smallest absolute Gasteiger partial charge is 0.161 e. The van der Waals surface area contributed by atoms with Crippen LogP contribution in [-0.4, -0.2) is 33.5 Å². The van der Waals surface area contributed by atoms with Crippen LogP contribution >= 0.6 is 11.8 Å². The van der Waals surface area contributed by atoms with Crippen LogP contribution in [0.4, 0.5) is 5.82 Å². The molecule has 0 saturated carbocycles. The van der Waals surface area contributed by atoms with E-state index in [-0.39, 0.29) is 0 Å². The lowest BCUT2D eigenvalue weighted by molar-refractivity contribution is 0.836. The molecule has 1 N–H and O–H groups in total. The van der Waals surface area contributed by atoms with Crippen LogP contribution < -0.4 is 5.32 Å². The van der Waals surface area contributed by atoms with Crippen LogP contribution in [0.3, 0.4) is 0 Å². The molecule has 0 saturated heterocycles. The Morgan fingerprint density at radius 3 is 2.82 bits per heavy atom. The third-order valence-corrected chi connectivity index (χ3v) is 4.64. The second-order valence-electron chi connectivity index (χ2n) is 5.54. The molecule has 3 rings (SSSR count). The van der Waals surface area contributed by atoms with E-state index >= 15 is 0 Å². The van der Waals surface area contributed by atoms with Crippen molar-refractivity contribution in [3.63, 3.8) is 0 Å². The maximum Gasteiger partial charge on any atom is 0.161 e. The van der Waals surface area contributed by atoms with Gasteiger partial charge in [-0.1, -0.05) is 0 Å². The van der Waals surface area contributed by atoms with Gasteiger partial charge < -0.3 is 5.32 Å². The maximum atomic E-state index is 4.78. The average molecular weight is 314 g/mol.